The van der Waals surface area contributed by atoms with Gasteiger partial charge in [-0.05, 0) is 56.1 Å². The van der Waals surface area contributed by atoms with Gasteiger partial charge in [-0.2, -0.15) is 0 Å². The fraction of sp³-hybridized carbons (Fsp3) is 0.583. The van der Waals surface area contributed by atoms with Crippen LogP contribution in [0, 0.1) is 5.92 Å². The summed E-state index contributed by atoms with van der Waals surface area (Å²) in [5.41, 5.74) is 1.31. The summed E-state index contributed by atoms with van der Waals surface area (Å²) in [5, 5.41) is 6.94. The second-order valence-electron chi connectivity index (χ2n) is 4.20. The van der Waals surface area contributed by atoms with Gasteiger partial charge in [0.2, 0.25) is 0 Å². The number of halogens is 1. The van der Waals surface area contributed by atoms with Crippen LogP contribution in [0.25, 0.3) is 0 Å². The molecule has 2 N–H and O–H groups in total. The summed E-state index contributed by atoms with van der Waals surface area (Å²) in [7, 11) is 0. The smallest absolute Gasteiger partial charge is 0.0271 e. The molecule has 1 aromatic rings. The Balaban J connectivity index is 0.00000128. The van der Waals surface area contributed by atoms with Gasteiger partial charge in [0.25, 0.3) is 0 Å². The van der Waals surface area contributed by atoms with Crippen molar-refractivity contribution in [3.8, 4) is 0 Å². The zero-order valence-electron chi connectivity index (χ0n) is 9.48. The maximum Gasteiger partial charge on any atom is 0.0271 e. The van der Waals surface area contributed by atoms with E-state index in [1.54, 1.807) is 0 Å². The molecule has 0 spiro atoms. The van der Waals surface area contributed by atoms with Gasteiger partial charge in [0, 0.05) is 18.9 Å². The SMILES string of the molecule is Cl.c1cc(CNCC2CCCNC2)ccn1. The van der Waals surface area contributed by atoms with Crippen molar-refractivity contribution in [3.63, 3.8) is 0 Å². The summed E-state index contributed by atoms with van der Waals surface area (Å²) in [6.07, 6.45) is 6.37. The van der Waals surface area contributed by atoms with Crippen molar-refractivity contribution in [2.24, 2.45) is 5.92 Å². The highest BCUT2D eigenvalue weighted by molar-refractivity contribution is 5.85. The lowest BCUT2D eigenvalue weighted by Crippen LogP contribution is -2.35. The third-order valence-corrected chi connectivity index (χ3v) is 2.91. The first-order chi connectivity index (χ1) is 7.45. The van der Waals surface area contributed by atoms with E-state index in [0.29, 0.717) is 0 Å². The molecule has 0 radical (unpaired) electrons. The standard InChI is InChI=1S/C12H19N3.ClH/c1-2-12(9-14-5-1)10-15-8-11-3-6-13-7-4-11;/h3-4,6-7,12,14-15H,1-2,5,8-10H2;1H. The van der Waals surface area contributed by atoms with Crippen LogP contribution in [0.15, 0.2) is 24.5 Å². The van der Waals surface area contributed by atoms with Crippen LogP contribution in [-0.4, -0.2) is 24.6 Å². The van der Waals surface area contributed by atoms with Crippen molar-refractivity contribution in [2.75, 3.05) is 19.6 Å². The molecule has 0 bridgehead atoms. The number of nitrogens with zero attached hydrogens (tertiary/aromatic N) is 1. The number of pyridine rings is 1. The van der Waals surface area contributed by atoms with Crippen LogP contribution in [0.3, 0.4) is 0 Å². The number of rotatable bonds is 4. The zero-order chi connectivity index (χ0) is 10.3. The number of piperidine rings is 1. The van der Waals surface area contributed by atoms with Crippen LogP contribution in [0.1, 0.15) is 18.4 Å². The second kappa shape index (κ2) is 7.60. The van der Waals surface area contributed by atoms with E-state index in [9.17, 15) is 0 Å². The summed E-state index contributed by atoms with van der Waals surface area (Å²) in [4.78, 5) is 4.01. The predicted molar refractivity (Wildman–Crippen MR) is 68.8 cm³/mol. The van der Waals surface area contributed by atoms with Crippen molar-refractivity contribution in [1.82, 2.24) is 15.6 Å². The first-order valence-corrected chi connectivity index (χ1v) is 5.75. The molecule has 3 nitrogen and oxygen atoms in total. The van der Waals surface area contributed by atoms with Crippen molar-refractivity contribution in [1.29, 1.82) is 0 Å². The van der Waals surface area contributed by atoms with Crippen molar-refractivity contribution >= 4 is 12.4 Å². The Kier molecular flexibility index (Phi) is 6.38. The van der Waals surface area contributed by atoms with Crippen LogP contribution >= 0.6 is 12.4 Å². The number of aromatic nitrogens is 1. The Morgan fingerprint density at radius 1 is 1.38 bits per heavy atom. The molecule has 1 unspecified atom stereocenters. The molecule has 0 amide bonds. The summed E-state index contributed by atoms with van der Waals surface area (Å²) in [6, 6.07) is 4.12. The fourth-order valence-electron chi connectivity index (χ4n) is 2.02. The van der Waals surface area contributed by atoms with E-state index in [1.165, 1.54) is 31.5 Å². The van der Waals surface area contributed by atoms with Crippen LogP contribution in [0.4, 0.5) is 0 Å². The lowest BCUT2D eigenvalue weighted by atomic mass is 10.00. The van der Waals surface area contributed by atoms with Gasteiger partial charge in [-0.1, -0.05) is 0 Å². The number of hydrogen-bond donors (Lipinski definition) is 2. The minimum absolute atomic E-state index is 0. The summed E-state index contributed by atoms with van der Waals surface area (Å²) in [6.45, 7) is 4.44. The molecule has 0 aliphatic carbocycles. The van der Waals surface area contributed by atoms with E-state index < -0.39 is 0 Å². The molecule has 1 saturated heterocycles. The molecular weight excluding hydrogens is 222 g/mol. The van der Waals surface area contributed by atoms with Crippen molar-refractivity contribution in [2.45, 2.75) is 19.4 Å². The van der Waals surface area contributed by atoms with Gasteiger partial charge in [-0.3, -0.25) is 4.98 Å². The highest BCUT2D eigenvalue weighted by atomic mass is 35.5. The zero-order valence-corrected chi connectivity index (χ0v) is 10.3. The molecule has 0 saturated carbocycles. The highest BCUT2D eigenvalue weighted by Crippen LogP contribution is 2.08. The van der Waals surface area contributed by atoms with E-state index in [1.807, 2.05) is 12.4 Å². The lowest BCUT2D eigenvalue weighted by Gasteiger charge is -2.22. The van der Waals surface area contributed by atoms with Gasteiger partial charge in [0.15, 0.2) is 0 Å². The van der Waals surface area contributed by atoms with Crippen molar-refractivity contribution in [3.05, 3.63) is 30.1 Å². The van der Waals surface area contributed by atoms with E-state index in [4.69, 9.17) is 0 Å². The molecular formula is C12H20ClN3. The average molecular weight is 242 g/mol. The molecule has 1 aliphatic heterocycles. The predicted octanol–water partition coefficient (Wildman–Crippen LogP) is 1.59. The molecule has 1 aliphatic rings. The number of hydrogen-bond acceptors (Lipinski definition) is 3. The number of nitrogens with one attached hydrogen (secondary N) is 2. The van der Waals surface area contributed by atoms with Gasteiger partial charge < -0.3 is 10.6 Å². The van der Waals surface area contributed by atoms with E-state index in [-0.39, 0.29) is 12.4 Å². The topological polar surface area (TPSA) is 37.0 Å². The fourth-order valence-corrected chi connectivity index (χ4v) is 2.02. The Morgan fingerprint density at radius 3 is 2.88 bits per heavy atom. The van der Waals surface area contributed by atoms with E-state index >= 15 is 0 Å². The van der Waals surface area contributed by atoms with Crippen LogP contribution in [0.2, 0.25) is 0 Å². The molecule has 1 aromatic heterocycles. The molecule has 90 valence electrons. The van der Waals surface area contributed by atoms with E-state index in [2.05, 4.69) is 27.8 Å². The molecule has 1 fully saturated rings. The largest absolute Gasteiger partial charge is 0.316 e. The summed E-state index contributed by atoms with van der Waals surface area (Å²) >= 11 is 0. The lowest BCUT2D eigenvalue weighted by molar-refractivity contribution is 0.360. The third kappa shape index (κ3) is 4.47. The summed E-state index contributed by atoms with van der Waals surface area (Å²) in [5.74, 6) is 0.806. The monoisotopic (exact) mass is 241 g/mol. The average Bonchev–Trinajstić information content (AvgIpc) is 2.32. The first-order valence-electron chi connectivity index (χ1n) is 5.75. The maximum absolute atomic E-state index is 4.01. The Labute approximate surface area is 103 Å². The van der Waals surface area contributed by atoms with Gasteiger partial charge >= 0.3 is 0 Å². The molecule has 2 rings (SSSR count). The van der Waals surface area contributed by atoms with Crippen LogP contribution in [0.5, 0.6) is 0 Å². The molecule has 4 heteroatoms. The van der Waals surface area contributed by atoms with Gasteiger partial charge in [0.05, 0.1) is 0 Å². The Bertz CT molecular complexity index is 273. The molecule has 0 aromatic carbocycles. The van der Waals surface area contributed by atoms with Crippen molar-refractivity contribution < 1.29 is 0 Å². The Hall–Kier alpha value is -0.640. The third-order valence-electron chi connectivity index (χ3n) is 2.91. The molecule has 2 heterocycles. The molecule has 1 atom stereocenters. The first kappa shape index (κ1) is 13.4. The van der Waals surface area contributed by atoms with E-state index in [0.717, 1.165) is 19.0 Å². The normalized spacial score (nSPS) is 20.1. The summed E-state index contributed by atoms with van der Waals surface area (Å²) < 4.78 is 0. The highest BCUT2D eigenvalue weighted by Gasteiger charge is 2.11. The minimum atomic E-state index is 0. The second-order valence-corrected chi connectivity index (χ2v) is 4.20. The van der Waals surface area contributed by atoms with Gasteiger partial charge in [0.1, 0.15) is 0 Å². The van der Waals surface area contributed by atoms with Crippen LogP contribution < -0.4 is 10.6 Å². The maximum atomic E-state index is 4.01. The quantitative estimate of drug-likeness (QED) is 0.841. The van der Waals surface area contributed by atoms with Crippen LogP contribution in [-0.2, 0) is 6.54 Å². The van der Waals surface area contributed by atoms with Gasteiger partial charge in [-0.25, -0.2) is 0 Å². The van der Waals surface area contributed by atoms with Gasteiger partial charge in [-0.15, -0.1) is 12.4 Å². The molecule has 16 heavy (non-hydrogen) atoms. The Morgan fingerprint density at radius 2 is 2.19 bits per heavy atom. The minimum Gasteiger partial charge on any atom is -0.316 e.